The molecule has 1 aromatic carbocycles. The lowest BCUT2D eigenvalue weighted by atomic mass is 10.2. The Morgan fingerprint density at radius 3 is 2.84 bits per heavy atom. The first-order valence-corrected chi connectivity index (χ1v) is 6.04. The van der Waals surface area contributed by atoms with Crippen LogP contribution in [0, 0.1) is 0 Å². The van der Waals surface area contributed by atoms with E-state index in [9.17, 15) is 9.59 Å². The van der Waals surface area contributed by atoms with Crippen LogP contribution in [0.4, 0.5) is 4.79 Å². The van der Waals surface area contributed by atoms with Crippen molar-refractivity contribution < 1.29 is 14.3 Å². The van der Waals surface area contributed by atoms with Gasteiger partial charge in [-0.05, 0) is 19.0 Å². The van der Waals surface area contributed by atoms with Crippen molar-refractivity contribution in [2.45, 2.75) is 13.0 Å². The molecular weight excluding hydrogens is 246 g/mol. The van der Waals surface area contributed by atoms with Gasteiger partial charge in [0, 0.05) is 18.7 Å². The number of carbonyl (C=O) groups excluding carboxylic acids is 2. The molecule has 0 bridgehead atoms. The number of para-hydroxylation sites is 1. The number of nitrogens with one attached hydrogen (secondary N) is 1. The van der Waals surface area contributed by atoms with Gasteiger partial charge >= 0.3 is 6.03 Å². The highest BCUT2D eigenvalue weighted by atomic mass is 16.5. The van der Waals surface area contributed by atoms with E-state index >= 15 is 0 Å². The summed E-state index contributed by atoms with van der Waals surface area (Å²) in [5.74, 6) is 0.697. The molecule has 0 aliphatic carbocycles. The molecule has 19 heavy (non-hydrogen) atoms. The number of rotatable bonds is 7. The number of benzene rings is 1. The van der Waals surface area contributed by atoms with Crippen molar-refractivity contribution in [2.24, 2.45) is 5.73 Å². The Labute approximate surface area is 112 Å². The largest absolute Gasteiger partial charge is 0.496 e. The minimum Gasteiger partial charge on any atom is -0.496 e. The minimum absolute atomic E-state index is 0.301. The van der Waals surface area contributed by atoms with Crippen molar-refractivity contribution in [3.63, 3.8) is 0 Å². The highest BCUT2D eigenvalue weighted by Gasteiger charge is 2.12. The maximum Gasteiger partial charge on any atom is 0.324 e. The van der Waals surface area contributed by atoms with Crippen LogP contribution in [-0.4, -0.2) is 37.5 Å². The van der Waals surface area contributed by atoms with Gasteiger partial charge in [0.05, 0.1) is 7.11 Å². The summed E-state index contributed by atoms with van der Waals surface area (Å²) in [5, 5.41) is 2.67. The Bertz CT molecular complexity index is 423. The number of ether oxygens (including phenoxy) is 1. The summed E-state index contributed by atoms with van der Waals surface area (Å²) < 4.78 is 5.18. The van der Waals surface area contributed by atoms with E-state index in [1.807, 2.05) is 24.3 Å². The van der Waals surface area contributed by atoms with Gasteiger partial charge in [-0.15, -0.1) is 0 Å². The third-order valence-corrected chi connectivity index (χ3v) is 2.61. The second kappa shape index (κ2) is 8.10. The third-order valence-electron chi connectivity index (χ3n) is 2.61. The average Bonchev–Trinajstić information content (AvgIpc) is 2.46. The average molecular weight is 265 g/mol. The van der Waals surface area contributed by atoms with Gasteiger partial charge in [0.15, 0.2) is 0 Å². The predicted molar refractivity (Wildman–Crippen MR) is 71.7 cm³/mol. The Morgan fingerprint density at radius 1 is 1.47 bits per heavy atom. The molecule has 0 saturated heterocycles. The molecule has 0 radical (unpaired) electrons. The van der Waals surface area contributed by atoms with E-state index in [2.05, 4.69) is 5.32 Å². The molecule has 0 aliphatic rings. The maximum absolute atomic E-state index is 11.8. The van der Waals surface area contributed by atoms with Crippen LogP contribution in [0.3, 0.4) is 0 Å². The molecule has 6 heteroatoms. The smallest absolute Gasteiger partial charge is 0.324 e. The summed E-state index contributed by atoms with van der Waals surface area (Å²) in [4.78, 5) is 23.6. The number of imide groups is 1. The zero-order valence-corrected chi connectivity index (χ0v) is 11.0. The molecule has 0 atom stereocenters. The third kappa shape index (κ3) is 4.59. The van der Waals surface area contributed by atoms with E-state index in [1.165, 1.54) is 0 Å². The zero-order valence-electron chi connectivity index (χ0n) is 11.0. The molecule has 3 N–H and O–H groups in total. The topological polar surface area (TPSA) is 84.7 Å². The fourth-order valence-electron chi connectivity index (χ4n) is 1.59. The van der Waals surface area contributed by atoms with E-state index in [1.54, 1.807) is 7.11 Å². The molecule has 1 rings (SSSR count). The fourth-order valence-corrected chi connectivity index (χ4v) is 1.59. The molecule has 0 aliphatic heterocycles. The standard InChI is InChI=1S/C13H19N3O3/c1-19-12-6-3-2-5-11(12)9-15-13(18)16(10-17)8-4-7-14/h2-3,5-6,10H,4,7-9,14H2,1H3,(H,15,18). The number of amides is 3. The molecule has 0 saturated carbocycles. The van der Waals surface area contributed by atoms with Crippen molar-refractivity contribution >= 4 is 12.4 Å². The normalized spacial score (nSPS) is 9.79. The second-order valence-electron chi connectivity index (χ2n) is 3.91. The zero-order chi connectivity index (χ0) is 14.1. The first-order valence-electron chi connectivity index (χ1n) is 6.04. The van der Waals surface area contributed by atoms with Gasteiger partial charge in [0.2, 0.25) is 6.41 Å². The molecule has 3 amide bonds. The van der Waals surface area contributed by atoms with Crippen molar-refractivity contribution in [3.05, 3.63) is 29.8 Å². The van der Waals surface area contributed by atoms with Crippen LogP contribution in [0.2, 0.25) is 0 Å². The molecule has 0 aromatic heterocycles. The number of hydrogen-bond acceptors (Lipinski definition) is 4. The molecular formula is C13H19N3O3. The number of methoxy groups -OCH3 is 1. The molecule has 0 unspecified atom stereocenters. The van der Waals surface area contributed by atoms with Crippen LogP contribution < -0.4 is 15.8 Å². The number of carbonyl (C=O) groups is 2. The molecule has 0 fully saturated rings. The number of nitrogens with zero attached hydrogens (tertiary/aromatic N) is 1. The lowest BCUT2D eigenvalue weighted by Gasteiger charge is -2.16. The lowest BCUT2D eigenvalue weighted by molar-refractivity contribution is -0.115. The summed E-state index contributed by atoms with van der Waals surface area (Å²) in [5.41, 5.74) is 6.19. The highest BCUT2D eigenvalue weighted by Crippen LogP contribution is 2.16. The SMILES string of the molecule is COc1ccccc1CNC(=O)N(C=O)CCCN. The van der Waals surface area contributed by atoms with E-state index in [4.69, 9.17) is 10.5 Å². The number of nitrogens with two attached hydrogens (primary N) is 1. The van der Waals surface area contributed by atoms with Gasteiger partial charge in [0.1, 0.15) is 5.75 Å². The van der Waals surface area contributed by atoms with Crippen LogP contribution in [0.5, 0.6) is 5.75 Å². The summed E-state index contributed by atoms with van der Waals surface area (Å²) in [6.07, 6.45) is 1.09. The van der Waals surface area contributed by atoms with E-state index in [-0.39, 0.29) is 0 Å². The molecule has 6 nitrogen and oxygen atoms in total. The minimum atomic E-state index is -0.436. The first-order chi connectivity index (χ1) is 9.22. The molecule has 104 valence electrons. The van der Waals surface area contributed by atoms with Gasteiger partial charge in [-0.3, -0.25) is 9.69 Å². The van der Waals surface area contributed by atoms with E-state index in [0.29, 0.717) is 38.2 Å². The highest BCUT2D eigenvalue weighted by molar-refractivity contribution is 5.84. The monoisotopic (exact) mass is 265 g/mol. The second-order valence-corrected chi connectivity index (χ2v) is 3.91. The van der Waals surface area contributed by atoms with Gasteiger partial charge in [-0.1, -0.05) is 18.2 Å². The Balaban J connectivity index is 2.55. The molecule has 1 aromatic rings. The van der Waals surface area contributed by atoms with Crippen molar-refractivity contribution in [3.8, 4) is 5.75 Å². The maximum atomic E-state index is 11.8. The summed E-state index contributed by atoms with van der Waals surface area (Å²) in [7, 11) is 1.57. The summed E-state index contributed by atoms with van der Waals surface area (Å²) >= 11 is 0. The van der Waals surface area contributed by atoms with Crippen molar-refractivity contribution in [1.82, 2.24) is 10.2 Å². The number of urea groups is 1. The van der Waals surface area contributed by atoms with Gasteiger partial charge in [-0.25, -0.2) is 4.79 Å². The van der Waals surface area contributed by atoms with Crippen LogP contribution in [0.25, 0.3) is 0 Å². The van der Waals surface area contributed by atoms with Gasteiger partial charge in [0.25, 0.3) is 0 Å². The first kappa shape index (κ1) is 15.0. The van der Waals surface area contributed by atoms with Crippen molar-refractivity contribution in [1.29, 1.82) is 0 Å². The van der Waals surface area contributed by atoms with Gasteiger partial charge < -0.3 is 15.8 Å². The van der Waals surface area contributed by atoms with Crippen LogP contribution in [0.15, 0.2) is 24.3 Å². The Kier molecular flexibility index (Phi) is 6.38. The van der Waals surface area contributed by atoms with E-state index in [0.717, 1.165) is 10.5 Å². The quantitative estimate of drug-likeness (QED) is 0.711. The van der Waals surface area contributed by atoms with Crippen molar-refractivity contribution in [2.75, 3.05) is 20.2 Å². The van der Waals surface area contributed by atoms with Gasteiger partial charge in [-0.2, -0.15) is 0 Å². The Hall–Kier alpha value is -2.08. The number of hydrogen-bond donors (Lipinski definition) is 2. The summed E-state index contributed by atoms with van der Waals surface area (Å²) in [6, 6.07) is 6.94. The van der Waals surface area contributed by atoms with Crippen LogP contribution in [0.1, 0.15) is 12.0 Å². The molecule has 0 heterocycles. The Morgan fingerprint density at radius 2 is 2.21 bits per heavy atom. The van der Waals surface area contributed by atoms with Crippen LogP contribution in [-0.2, 0) is 11.3 Å². The van der Waals surface area contributed by atoms with E-state index < -0.39 is 6.03 Å². The predicted octanol–water partition coefficient (Wildman–Crippen LogP) is 0.712. The molecule has 0 spiro atoms. The van der Waals surface area contributed by atoms with Crippen LogP contribution >= 0.6 is 0 Å². The summed E-state index contributed by atoms with van der Waals surface area (Å²) in [6.45, 7) is 1.05. The fraction of sp³-hybridized carbons (Fsp3) is 0.385. The lowest BCUT2D eigenvalue weighted by Crippen LogP contribution is -2.39.